The average Bonchev–Trinajstić information content (AvgIpc) is 2.88. The number of morpholine rings is 1. The Labute approximate surface area is 108 Å². The fourth-order valence-corrected chi connectivity index (χ4v) is 2.27. The van der Waals surface area contributed by atoms with Crippen LogP contribution in [0.25, 0.3) is 0 Å². The summed E-state index contributed by atoms with van der Waals surface area (Å²) in [5, 5.41) is 11.6. The first kappa shape index (κ1) is 13.3. The van der Waals surface area contributed by atoms with E-state index in [4.69, 9.17) is 4.74 Å². The Hall–Kier alpha value is -1.14. The van der Waals surface area contributed by atoms with Crippen molar-refractivity contribution in [1.82, 2.24) is 20.3 Å². The molecule has 6 nitrogen and oxygen atoms in total. The lowest BCUT2D eigenvalue weighted by atomic mass is 10.2. The molecule has 0 amide bonds. The van der Waals surface area contributed by atoms with Crippen molar-refractivity contribution in [1.29, 1.82) is 0 Å². The third-order valence-corrected chi connectivity index (χ3v) is 3.23. The van der Waals surface area contributed by atoms with E-state index in [2.05, 4.69) is 34.4 Å². The summed E-state index contributed by atoms with van der Waals surface area (Å²) in [5.74, 6) is 1.10. The van der Waals surface area contributed by atoms with Gasteiger partial charge in [-0.25, -0.2) is 4.68 Å². The van der Waals surface area contributed by atoms with Gasteiger partial charge in [-0.1, -0.05) is 12.1 Å². The predicted octanol–water partition coefficient (Wildman–Crippen LogP) is 0.503. The van der Waals surface area contributed by atoms with E-state index in [1.54, 1.807) is 0 Å². The smallest absolute Gasteiger partial charge is 0.147 e. The normalized spacial score (nSPS) is 20.3. The predicted molar refractivity (Wildman–Crippen MR) is 70.8 cm³/mol. The number of ether oxygens (including phenoxy) is 1. The highest BCUT2D eigenvalue weighted by Gasteiger charge is 2.25. The first-order valence-electron chi connectivity index (χ1n) is 6.80. The third kappa shape index (κ3) is 3.00. The van der Waals surface area contributed by atoms with Crippen LogP contribution >= 0.6 is 0 Å². The second-order valence-corrected chi connectivity index (χ2v) is 4.53. The maximum absolute atomic E-state index is 5.58. The van der Waals surface area contributed by atoms with Gasteiger partial charge in [0, 0.05) is 19.6 Å². The molecular weight excluding hydrogens is 230 g/mol. The number of anilines is 1. The van der Waals surface area contributed by atoms with Crippen LogP contribution in [0.1, 0.15) is 20.3 Å². The summed E-state index contributed by atoms with van der Waals surface area (Å²) in [6, 6.07) is 0.370. The first-order chi connectivity index (χ1) is 8.86. The quantitative estimate of drug-likeness (QED) is 0.748. The van der Waals surface area contributed by atoms with Crippen molar-refractivity contribution in [2.75, 3.05) is 37.7 Å². The lowest BCUT2D eigenvalue weighted by Crippen LogP contribution is -2.51. The molecular formula is C12H23N5O. The van der Waals surface area contributed by atoms with Crippen LogP contribution in [0.4, 0.5) is 5.82 Å². The van der Waals surface area contributed by atoms with Gasteiger partial charge in [-0.15, -0.1) is 5.10 Å². The SMILES string of the molecule is CCCNCC1COCCN1c1cnnn1CC. The van der Waals surface area contributed by atoms with Crippen LogP contribution in [-0.4, -0.2) is 53.9 Å². The van der Waals surface area contributed by atoms with E-state index in [1.165, 1.54) is 0 Å². The van der Waals surface area contributed by atoms with Crippen LogP contribution < -0.4 is 10.2 Å². The van der Waals surface area contributed by atoms with Crippen LogP contribution in [0.15, 0.2) is 6.20 Å². The number of nitrogens with one attached hydrogen (secondary N) is 1. The van der Waals surface area contributed by atoms with E-state index < -0.39 is 0 Å². The molecule has 0 spiro atoms. The van der Waals surface area contributed by atoms with Crippen LogP contribution in [0.5, 0.6) is 0 Å². The largest absolute Gasteiger partial charge is 0.377 e. The van der Waals surface area contributed by atoms with Gasteiger partial charge in [-0.2, -0.15) is 0 Å². The molecule has 1 aliphatic rings. The zero-order chi connectivity index (χ0) is 12.8. The maximum Gasteiger partial charge on any atom is 0.147 e. The zero-order valence-electron chi connectivity index (χ0n) is 11.3. The molecule has 0 aliphatic carbocycles. The number of aryl methyl sites for hydroxylation is 1. The highest BCUT2D eigenvalue weighted by atomic mass is 16.5. The number of hydrogen-bond donors (Lipinski definition) is 1. The molecule has 102 valence electrons. The number of aromatic nitrogens is 3. The van der Waals surface area contributed by atoms with Gasteiger partial charge in [0.2, 0.25) is 0 Å². The fourth-order valence-electron chi connectivity index (χ4n) is 2.27. The molecule has 1 aromatic heterocycles. The minimum atomic E-state index is 0.370. The molecule has 1 saturated heterocycles. The molecule has 0 saturated carbocycles. The highest BCUT2D eigenvalue weighted by molar-refractivity contribution is 5.38. The second kappa shape index (κ2) is 6.70. The van der Waals surface area contributed by atoms with Gasteiger partial charge in [-0.3, -0.25) is 0 Å². The van der Waals surface area contributed by atoms with E-state index in [-0.39, 0.29) is 0 Å². The van der Waals surface area contributed by atoms with Gasteiger partial charge < -0.3 is 15.0 Å². The summed E-state index contributed by atoms with van der Waals surface area (Å²) in [6.45, 7) is 9.57. The molecule has 6 heteroatoms. The molecule has 0 radical (unpaired) electrons. The van der Waals surface area contributed by atoms with Crippen molar-refractivity contribution in [2.24, 2.45) is 0 Å². The average molecular weight is 253 g/mol. The van der Waals surface area contributed by atoms with E-state index >= 15 is 0 Å². The minimum absolute atomic E-state index is 0.370. The van der Waals surface area contributed by atoms with E-state index in [0.717, 1.165) is 51.6 Å². The monoisotopic (exact) mass is 253 g/mol. The molecule has 18 heavy (non-hydrogen) atoms. The van der Waals surface area contributed by atoms with Crippen molar-refractivity contribution in [3.8, 4) is 0 Å². The Morgan fingerprint density at radius 1 is 1.50 bits per heavy atom. The van der Waals surface area contributed by atoms with Gasteiger partial charge in [-0.05, 0) is 19.9 Å². The Balaban J connectivity index is 2.03. The van der Waals surface area contributed by atoms with Gasteiger partial charge in [0.1, 0.15) is 5.82 Å². The van der Waals surface area contributed by atoms with Crippen molar-refractivity contribution >= 4 is 5.82 Å². The Morgan fingerprint density at radius 2 is 2.39 bits per heavy atom. The van der Waals surface area contributed by atoms with Crippen LogP contribution in [0.2, 0.25) is 0 Å². The lowest BCUT2D eigenvalue weighted by molar-refractivity contribution is 0.0929. The van der Waals surface area contributed by atoms with E-state index in [9.17, 15) is 0 Å². The zero-order valence-corrected chi connectivity index (χ0v) is 11.3. The molecule has 1 aromatic rings. The summed E-state index contributed by atoms with van der Waals surface area (Å²) < 4.78 is 7.53. The van der Waals surface area contributed by atoms with E-state index in [0.29, 0.717) is 6.04 Å². The van der Waals surface area contributed by atoms with Crippen LogP contribution in [0, 0.1) is 0 Å². The van der Waals surface area contributed by atoms with Crippen molar-refractivity contribution < 1.29 is 4.74 Å². The fraction of sp³-hybridized carbons (Fsp3) is 0.833. The lowest BCUT2D eigenvalue weighted by Gasteiger charge is -2.36. The van der Waals surface area contributed by atoms with Crippen molar-refractivity contribution in [3.05, 3.63) is 6.20 Å². The summed E-state index contributed by atoms with van der Waals surface area (Å²) >= 11 is 0. The minimum Gasteiger partial charge on any atom is -0.377 e. The third-order valence-electron chi connectivity index (χ3n) is 3.23. The number of rotatable bonds is 6. The molecule has 2 heterocycles. The molecule has 0 aromatic carbocycles. The molecule has 0 bridgehead atoms. The summed E-state index contributed by atoms with van der Waals surface area (Å²) in [5.41, 5.74) is 0. The molecule has 1 N–H and O–H groups in total. The van der Waals surface area contributed by atoms with E-state index in [1.807, 2.05) is 10.9 Å². The summed E-state index contributed by atoms with van der Waals surface area (Å²) in [6.07, 6.45) is 3.00. The van der Waals surface area contributed by atoms with Gasteiger partial charge in [0.15, 0.2) is 0 Å². The standard InChI is InChI=1S/C12H23N5O/c1-3-5-13-8-11-10-18-7-6-16(11)12-9-14-15-17(12)4-2/h9,11,13H,3-8,10H2,1-2H3. The molecule has 1 aliphatic heterocycles. The number of hydrogen-bond acceptors (Lipinski definition) is 5. The topological polar surface area (TPSA) is 55.2 Å². The second-order valence-electron chi connectivity index (χ2n) is 4.53. The Morgan fingerprint density at radius 3 is 3.17 bits per heavy atom. The Bertz CT molecular complexity index is 354. The molecule has 1 atom stereocenters. The summed E-state index contributed by atoms with van der Waals surface area (Å²) in [7, 11) is 0. The van der Waals surface area contributed by atoms with Crippen molar-refractivity contribution in [2.45, 2.75) is 32.9 Å². The molecule has 1 fully saturated rings. The van der Waals surface area contributed by atoms with Crippen LogP contribution in [0.3, 0.4) is 0 Å². The van der Waals surface area contributed by atoms with Gasteiger partial charge in [0.05, 0.1) is 25.5 Å². The highest BCUT2D eigenvalue weighted by Crippen LogP contribution is 2.18. The van der Waals surface area contributed by atoms with Gasteiger partial charge in [0.25, 0.3) is 0 Å². The Kier molecular flexibility index (Phi) is 4.95. The first-order valence-corrected chi connectivity index (χ1v) is 6.80. The maximum atomic E-state index is 5.58. The van der Waals surface area contributed by atoms with Crippen LogP contribution in [-0.2, 0) is 11.3 Å². The summed E-state index contributed by atoms with van der Waals surface area (Å²) in [4.78, 5) is 2.36. The molecule has 2 rings (SSSR count). The molecule has 1 unspecified atom stereocenters. The van der Waals surface area contributed by atoms with Crippen molar-refractivity contribution in [3.63, 3.8) is 0 Å². The number of nitrogens with zero attached hydrogens (tertiary/aromatic N) is 4. The van der Waals surface area contributed by atoms with Gasteiger partial charge >= 0.3 is 0 Å².